The number of anilines is 1. The van der Waals surface area contributed by atoms with Gasteiger partial charge in [-0.3, -0.25) is 9.98 Å². The fraction of sp³-hybridized carbons (Fsp3) is 0.381. The second-order valence-electron chi connectivity index (χ2n) is 8.67. The molecule has 1 aromatic heterocycles. The highest BCUT2D eigenvalue weighted by molar-refractivity contribution is 7.89. The van der Waals surface area contributed by atoms with Crippen LogP contribution in [-0.4, -0.2) is 57.1 Å². The molecular formula is C21H27ClN6O4S. The lowest BCUT2D eigenvalue weighted by Gasteiger charge is -2.26. The van der Waals surface area contributed by atoms with E-state index in [0.29, 0.717) is 17.2 Å². The van der Waals surface area contributed by atoms with Crippen LogP contribution < -0.4 is 10.0 Å². The molecule has 1 aliphatic heterocycles. The summed E-state index contributed by atoms with van der Waals surface area (Å²) in [4.78, 5) is 10.6. The van der Waals surface area contributed by atoms with E-state index < -0.39 is 21.7 Å². The number of amidine groups is 3. The number of aromatic hydroxyl groups is 1. The van der Waals surface area contributed by atoms with Crippen molar-refractivity contribution in [3.05, 3.63) is 46.9 Å². The summed E-state index contributed by atoms with van der Waals surface area (Å²) in [6, 6.07) is 7.74. The number of phenols is 1. The number of para-hydroxylation sites is 1. The molecule has 178 valence electrons. The minimum absolute atomic E-state index is 0.00996. The van der Waals surface area contributed by atoms with E-state index in [1.807, 2.05) is 20.8 Å². The molecule has 3 N–H and O–H groups in total. The molecule has 0 fully saturated rings. The summed E-state index contributed by atoms with van der Waals surface area (Å²) >= 11 is 5.94. The third-order valence-corrected chi connectivity index (χ3v) is 5.85. The first-order valence-corrected chi connectivity index (χ1v) is 11.8. The molecule has 0 spiro atoms. The Balaban J connectivity index is 2.04. The molecule has 1 aliphatic rings. The number of halogens is 1. The molecule has 0 saturated carbocycles. The minimum Gasteiger partial charge on any atom is -0.505 e. The summed E-state index contributed by atoms with van der Waals surface area (Å²) in [6.45, 7) is 5.82. The van der Waals surface area contributed by atoms with Gasteiger partial charge in [0, 0.05) is 21.1 Å². The SMILES string of the molecule is CN=C(c1cccc(NC2=NS(=O)(=O)NC2=N[C@@H](c2ccc(Cl)o2)C(C)(C)C)c1O)N(C)C. The summed E-state index contributed by atoms with van der Waals surface area (Å²) < 4.78 is 36.1. The standard InChI is InChI=1S/C21H27ClN6O4S/c1-21(2,3)17(14-10-11-15(22)32-14)25-19-18(26-33(30,31)27-19)24-13-9-7-8-12(16(13)29)20(23-4)28(5)6/h7-11,17,29H,1-6H3,(H,24,26)(H,25,27)/t17-/m0/s1. The van der Waals surface area contributed by atoms with Crippen LogP contribution in [-0.2, 0) is 10.2 Å². The van der Waals surface area contributed by atoms with Crippen LogP contribution in [0.3, 0.4) is 0 Å². The van der Waals surface area contributed by atoms with Crippen molar-refractivity contribution in [1.82, 2.24) is 9.62 Å². The summed E-state index contributed by atoms with van der Waals surface area (Å²) in [6.07, 6.45) is 0. The van der Waals surface area contributed by atoms with Crippen molar-refractivity contribution >= 4 is 45.0 Å². The van der Waals surface area contributed by atoms with E-state index in [-0.39, 0.29) is 28.3 Å². The number of benzene rings is 1. The van der Waals surface area contributed by atoms with Gasteiger partial charge in [0.1, 0.15) is 23.4 Å². The Morgan fingerprint density at radius 2 is 1.97 bits per heavy atom. The van der Waals surface area contributed by atoms with Crippen LogP contribution in [0.2, 0.25) is 5.22 Å². The van der Waals surface area contributed by atoms with E-state index in [2.05, 4.69) is 24.4 Å². The third kappa shape index (κ3) is 5.48. The lowest BCUT2D eigenvalue weighted by atomic mass is 9.85. The highest BCUT2D eigenvalue weighted by Gasteiger charge is 2.34. The van der Waals surface area contributed by atoms with Crippen molar-refractivity contribution in [2.24, 2.45) is 19.8 Å². The van der Waals surface area contributed by atoms with Crippen LogP contribution in [0.5, 0.6) is 5.75 Å². The Kier molecular flexibility index (Phi) is 6.75. The molecule has 0 bridgehead atoms. The largest absolute Gasteiger partial charge is 0.505 e. The van der Waals surface area contributed by atoms with Crippen LogP contribution in [0.15, 0.2) is 49.1 Å². The van der Waals surface area contributed by atoms with E-state index >= 15 is 0 Å². The van der Waals surface area contributed by atoms with Gasteiger partial charge in [-0.15, -0.1) is 4.40 Å². The van der Waals surface area contributed by atoms with Gasteiger partial charge in [0.05, 0.1) is 11.3 Å². The number of phenolic OH excluding ortho intramolecular Hbond substituents is 1. The van der Waals surface area contributed by atoms with Crippen molar-refractivity contribution in [1.29, 1.82) is 0 Å². The molecule has 33 heavy (non-hydrogen) atoms. The van der Waals surface area contributed by atoms with Crippen molar-refractivity contribution < 1.29 is 17.9 Å². The molecule has 2 heterocycles. The second-order valence-corrected chi connectivity index (χ2v) is 10.4. The number of nitrogens with zero attached hydrogens (tertiary/aromatic N) is 4. The fourth-order valence-corrected chi connectivity index (χ4v) is 4.29. The monoisotopic (exact) mass is 494 g/mol. The van der Waals surface area contributed by atoms with Gasteiger partial charge >= 0.3 is 10.2 Å². The second kappa shape index (κ2) is 9.06. The Labute approximate surface area is 198 Å². The number of furan rings is 1. The van der Waals surface area contributed by atoms with Crippen molar-refractivity contribution in [2.45, 2.75) is 26.8 Å². The van der Waals surface area contributed by atoms with E-state index in [0.717, 1.165) is 0 Å². The van der Waals surface area contributed by atoms with Crippen LogP contribution >= 0.6 is 11.6 Å². The van der Waals surface area contributed by atoms with Gasteiger partial charge in [0.25, 0.3) is 0 Å². The zero-order valence-corrected chi connectivity index (χ0v) is 20.8. The maximum Gasteiger partial charge on any atom is 0.345 e. The van der Waals surface area contributed by atoms with Crippen molar-refractivity contribution in [3.63, 3.8) is 0 Å². The number of rotatable bonds is 4. The first kappa shape index (κ1) is 24.6. The Bertz CT molecular complexity index is 1240. The van der Waals surface area contributed by atoms with Gasteiger partial charge < -0.3 is 19.7 Å². The molecule has 1 atom stereocenters. The van der Waals surface area contributed by atoms with Crippen molar-refractivity contribution in [2.75, 3.05) is 26.5 Å². The average molecular weight is 495 g/mol. The molecule has 2 aromatic rings. The highest BCUT2D eigenvalue weighted by atomic mass is 35.5. The Morgan fingerprint density at radius 1 is 1.27 bits per heavy atom. The van der Waals surface area contributed by atoms with Crippen LogP contribution in [0.25, 0.3) is 0 Å². The molecule has 10 nitrogen and oxygen atoms in total. The van der Waals surface area contributed by atoms with Crippen LogP contribution in [0.4, 0.5) is 5.69 Å². The zero-order chi connectivity index (χ0) is 24.6. The molecule has 0 saturated heterocycles. The predicted molar refractivity (Wildman–Crippen MR) is 131 cm³/mol. The van der Waals surface area contributed by atoms with Crippen LogP contribution in [0.1, 0.15) is 38.1 Å². The summed E-state index contributed by atoms with van der Waals surface area (Å²) in [5.41, 5.74) is 0.278. The summed E-state index contributed by atoms with van der Waals surface area (Å²) in [7, 11) is 1.21. The maximum atomic E-state index is 12.3. The van der Waals surface area contributed by atoms with Gasteiger partial charge in [-0.1, -0.05) is 26.8 Å². The first-order valence-electron chi connectivity index (χ1n) is 10.0. The van der Waals surface area contributed by atoms with Gasteiger partial charge in [0.15, 0.2) is 16.9 Å². The summed E-state index contributed by atoms with van der Waals surface area (Å²) in [5.74, 6) is 0.846. The lowest BCUT2D eigenvalue weighted by Crippen LogP contribution is -2.32. The van der Waals surface area contributed by atoms with Crippen molar-refractivity contribution in [3.8, 4) is 5.75 Å². The minimum atomic E-state index is -4.02. The van der Waals surface area contributed by atoms with E-state index in [4.69, 9.17) is 16.0 Å². The third-order valence-electron chi connectivity index (χ3n) is 4.77. The molecule has 3 rings (SSSR count). The quantitative estimate of drug-likeness (QED) is 0.339. The van der Waals surface area contributed by atoms with Gasteiger partial charge in [0.2, 0.25) is 0 Å². The molecule has 12 heteroatoms. The van der Waals surface area contributed by atoms with Gasteiger partial charge in [-0.2, -0.15) is 8.42 Å². The molecule has 1 aromatic carbocycles. The molecule has 0 aliphatic carbocycles. The number of nitrogens with one attached hydrogen (secondary N) is 2. The van der Waals surface area contributed by atoms with E-state index in [1.165, 1.54) is 0 Å². The highest BCUT2D eigenvalue weighted by Crippen LogP contribution is 2.38. The molecule has 0 unspecified atom stereocenters. The number of hydrogen-bond acceptors (Lipinski definition) is 7. The smallest absolute Gasteiger partial charge is 0.345 e. The zero-order valence-electron chi connectivity index (χ0n) is 19.2. The predicted octanol–water partition coefficient (Wildman–Crippen LogP) is 3.42. The van der Waals surface area contributed by atoms with Crippen LogP contribution in [0, 0.1) is 5.41 Å². The normalized spacial score (nSPS) is 18.1. The Hall–Kier alpha value is -3.05. The number of aliphatic imine (C=N–C) groups is 2. The molecule has 0 amide bonds. The number of hydrogen-bond donors (Lipinski definition) is 3. The molecular weight excluding hydrogens is 468 g/mol. The first-order chi connectivity index (χ1) is 15.3. The Morgan fingerprint density at radius 3 is 2.52 bits per heavy atom. The maximum absolute atomic E-state index is 12.3. The van der Waals surface area contributed by atoms with Gasteiger partial charge in [-0.05, 0) is 41.3 Å². The average Bonchev–Trinajstić information content (AvgIpc) is 3.24. The van der Waals surface area contributed by atoms with E-state index in [9.17, 15) is 13.5 Å². The van der Waals surface area contributed by atoms with Gasteiger partial charge in [-0.25, -0.2) is 4.72 Å². The van der Waals surface area contributed by atoms with E-state index in [1.54, 1.807) is 56.4 Å². The fourth-order valence-electron chi connectivity index (χ4n) is 3.33. The summed E-state index contributed by atoms with van der Waals surface area (Å²) in [5, 5.41) is 13.9. The molecule has 0 radical (unpaired) electrons. The topological polar surface area (TPSA) is 132 Å². The lowest BCUT2D eigenvalue weighted by molar-refractivity contribution is 0.287.